The van der Waals surface area contributed by atoms with Crippen LogP contribution in [-0.4, -0.2) is 23.0 Å². The third-order valence-corrected chi connectivity index (χ3v) is 2.14. The van der Waals surface area contributed by atoms with Gasteiger partial charge in [0.15, 0.2) is 0 Å². The number of methoxy groups -OCH3 is 1. The van der Waals surface area contributed by atoms with Crippen LogP contribution in [0.4, 0.5) is 4.79 Å². The molecule has 0 saturated carbocycles. The fourth-order valence-electron chi connectivity index (χ4n) is 1.48. The van der Waals surface area contributed by atoms with Crippen molar-refractivity contribution in [2.24, 2.45) is 0 Å². The molecular formula is C10H10N2O2. The number of ether oxygens (including phenoxy) is 1. The molecular weight excluding hydrogens is 180 g/mol. The summed E-state index contributed by atoms with van der Waals surface area (Å²) in [5.41, 5.74) is 1.81. The lowest BCUT2D eigenvalue weighted by Gasteiger charge is -2.01. The zero-order chi connectivity index (χ0) is 10.1. The van der Waals surface area contributed by atoms with Gasteiger partial charge in [-0.15, -0.1) is 0 Å². The van der Waals surface area contributed by atoms with E-state index >= 15 is 0 Å². The number of aromatic nitrogens is 2. The highest BCUT2D eigenvalue weighted by Crippen LogP contribution is 2.17. The number of carbonyl (C=O) groups is 1. The van der Waals surface area contributed by atoms with Gasteiger partial charge in [-0.3, -0.25) is 0 Å². The minimum absolute atomic E-state index is 0.464. The van der Waals surface area contributed by atoms with Gasteiger partial charge >= 0.3 is 6.09 Å². The monoisotopic (exact) mass is 190 g/mol. The third kappa shape index (κ3) is 1.16. The molecule has 0 aliphatic carbocycles. The van der Waals surface area contributed by atoms with E-state index in [-0.39, 0.29) is 0 Å². The maximum atomic E-state index is 11.3. The van der Waals surface area contributed by atoms with Gasteiger partial charge in [-0.1, -0.05) is 18.2 Å². The maximum Gasteiger partial charge on any atom is 0.434 e. The summed E-state index contributed by atoms with van der Waals surface area (Å²) in [5, 5.41) is 4.91. The molecule has 4 nitrogen and oxygen atoms in total. The molecule has 0 N–H and O–H groups in total. The van der Waals surface area contributed by atoms with Gasteiger partial charge in [-0.05, 0) is 12.5 Å². The lowest BCUT2D eigenvalue weighted by atomic mass is 10.2. The van der Waals surface area contributed by atoms with E-state index in [4.69, 9.17) is 0 Å². The lowest BCUT2D eigenvalue weighted by Crippen LogP contribution is -2.12. The van der Waals surface area contributed by atoms with Crippen LogP contribution in [0.25, 0.3) is 10.9 Å². The molecule has 0 bridgehead atoms. The Bertz CT molecular complexity index is 488. The van der Waals surface area contributed by atoms with E-state index in [1.54, 1.807) is 6.20 Å². The summed E-state index contributed by atoms with van der Waals surface area (Å²) >= 11 is 0. The molecule has 0 saturated heterocycles. The highest BCUT2D eigenvalue weighted by Gasteiger charge is 2.11. The molecule has 0 unspecified atom stereocenters. The Balaban J connectivity index is 2.73. The summed E-state index contributed by atoms with van der Waals surface area (Å²) < 4.78 is 5.89. The van der Waals surface area contributed by atoms with Crippen molar-refractivity contribution in [3.8, 4) is 0 Å². The van der Waals surface area contributed by atoms with E-state index in [0.29, 0.717) is 0 Å². The van der Waals surface area contributed by atoms with Gasteiger partial charge in [-0.2, -0.15) is 9.78 Å². The van der Waals surface area contributed by atoms with Crippen LogP contribution in [0.3, 0.4) is 0 Å². The largest absolute Gasteiger partial charge is 0.451 e. The summed E-state index contributed by atoms with van der Waals surface area (Å²) in [6, 6.07) is 5.78. The Kier molecular flexibility index (Phi) is 1.96. The molecule has 2 rings (SSSR count). The predicted molar refractivity (Wildman–Crippen MR) is 52.3 cm³/mol. The van der Waals surface area contributed by atoms with Crippen molar-refractivity contribution in [1.29, 1.82) is 0 Å². The van der Waals surface area contributed by atoms with Crippen molar-refractivity contribution >= 4 is 17.0 Å². The molecule has 4 heteroatoms. The number of fused-ring (bicyclic) bond motifs is 1. The van der Waals surface area contributed by atoms with Crippen LogP contribution in [0, 0.1) is 6.92 Å². The van der Waals surface area contributed by atoms with Gasteiger partial charge in [0, 0.05) is 5.39 Å². The van der Waals surface area contributed by atoms with E-state index in [2.05, 4.69) is 9.84 Å². The molecule has 0 aliphatic rings. The standard InChI is InChI=1S/C10H10N2O2/c1-7-4-3-5-8-6-11-12(9(7)8)10(13)14-2/h3-6H,1-2H3. The molecule has 0 spiro atoms. The number of carbonyl (C=O) groups excluding carboxylic acids is 1. The van der Waals surface area contributed by atoms with Crippen LogP contribution in [0.5, 0.6) is 0 Å². The first-order valence-corrected chi connectivity index (χ1v) is 4.25. The molecule has 72 valence electrons. The maximum absolute atomic E-state index is 11.3. The summed E-state index contributed by atoms with van der Waals surface area (Å²) in [6.07, 6.45) is 1.19. The molecule has 0 radical (unpaired) electrons. The summed E-state index contributed by atoms with van der Waals surface area (Å²) in [6.45, 7) is 1.93. The zero-order valence-corrected chi connectivity index (χ0v) is 8.02. The Labute approximate surface area is 81.1 Å². The molecule has 0 fully saturated rings. The minimum Gasteiger partial charge on any atom is -0.451 e. The second-order valence-corrected chi connectivity index (χ2v) is 3.04. The van der Waals surface area contributed by atoms with Crippen LogP contribution in [0.1, 0.15) is 5.56 Å². The molecule has 0 aliphatic heterocycles. The van der Waals surface area contributed by atoms with E-state index in [9.17, 15) is 4.79 Å². The highest BCUT2D eigenvalue weighted by molar-refractivity contribution is 5.89. The SMILES string of the molecule is COC(=O)n1ncc2cccc(C)c21. The molecule has 1 aromatic carbocycles. The first-order chi connectivity index (χ1) is 6.74. The van der Waals surface area contributed by atoms with Crippen LogP contribution in [0.15, 0.2) is 24.4 Å². The summed E-state index contributed by atoms with van der Waals surface area (Å²) in [7, 11) is 1.34. The van der Waals surface area contributed by atoms with Crippen molar-refractivity contribution in [2.75, 3.05) is 7.11 Å². The van der Waals surface area contributed by atoms with Crippen LogP contribution in [0.2, 0.25) is 0 Å². The van der Waals surface area contributed by atoms with E-state index < -0.39 is 6.09 Å². The zero-order valence-electron chi connectivity index (χ0n) is 8.02. The Morgan fingerprint density at radius 1 is 1.50 bits per heavy atom. The minimum atomic E-state index is -0.464. The second-order valence-electron chi connectivity index (χ2n) is 3.04. The Morgan fingerprint density at radius 2 is 2.29 bits per heavy atom. The van der Waals surface area contributed by atoms with Gasteiger partial charge in [0.05, 0.1) is 18.8 Å². The highest BCUT2D eigenvalue weighted by atomic mass is 16.5. The van der Waals surface area contributed by atoms with Gasteiger partial charge in [0.25, 0.3) is 0 Å². The summed E-state index contributed by atoms with van der Waals surface area (Å²) in [4.78, 5) is 11.3. The normalized spacial score (nSPS) is 10.4. The van der Waals surface area contributed by atoms with Gasteiger partial charge in [-0.25, -0.2) is 4.79 Å². The third-order valence-electron chi connectivity index (χ3n) is 2.14. The number of rotatable bonds is 0. The first-order valence-electron chi connectivity index (χ1n) is 4.25. The molecule has 14 heavy (non-hydrogen) atoms. The van der Waals surface area contributed by atoms with E-state index in [0.717, 1.165) is 16.5 Å². The fraction of sp³-hybridized carbons (Fsp3) is 0.200. The summed E-state index contributed by atoms with van der Waals surface area (Å²) in [5.74, 6) is 0. The smallest absolute Gasteiger partial charge is 0.434 e. The van der Waals surface area contributed by atoms with Crippen molar-refractivity contribution in [1.82, 2.24) is 9.78 Å². The Hall–Kier alpha value is -1.84. The molecule has 0 amide bonds. The van der Waals surface area contributed by atoms with E-state index in [1.807, 2.05) is 25.1 Å². The second kappa shape index (κ2) is 3.14. The molecule has 1 aromatic heterocycles. The quantitative estimate of drug-likeness (QED) is 0.637. The van der Waals surface area contributed by atoms with Crippen LogP contribution >= 0.6 is 0 Å². The molecule has 0 atom stereocenters. The van der Waals surface area contributed by atoms with Gasteiger partial charge in [0.2, 0.25) is 0 Å². The molecule has 2 aromatic rings. The van der Waals surface area contributed by atoms with Crippen molar-refractivity contribution in [2.45, 2.75) is 6.92 Å². The fourth-order valence-corrected chi connectivity index (χ4v) is 1.48. The van der Waals surface area contributed by atoms with E-state index in [1.165, 1.54) is 11.8 Å². The number of nitrogens with zero attached hydrogens (tertiary/aromatic N) is 2. The predicted octanol–water partition coefficient (Wildman–Crippen LogP) is 1.96. The first kappa shape index (κ1) is 8.74. The number of aryl methyl sites for hydroxylation is 1. The average Bonchev–Trinajstić information content (AvgIpc) is 2.62. The van der Waals surface area contributed by atoms with Gasteiger partial charge in [0.1, 0.15) is 0 Å². The van der Waals surface area contributed by atoms with Crippen molar-refractivity contribution < 1.29 is 9.53 Å². The van der Waals surface area contributed by atoms with Crippen molar-refractivity contribution in [3.63, 3.8) is 0 Å². The van der Waals surface area contributed by atoms with Gasteiger partial charge < -0.3 is 4.74 Å². The van der Waals surface area contributed by atoms with Crippen LogP contribution < -0.4 is 0 Å². The van der Waals surface area contributed by atoms with Crippen molar-refractivity contribution in [3.05, 3.63) is 30.0 Å². The Morgan fingerprint density at radius 3 is 3.00 bits per heavy atom. The van der Waals surface area contributed by atoms with Crippen LogP contribution in [-0.2, 0) is 4.74 Å². The topological polar surface area (TPSA) is 44.1 Å². The lowest BCUT2D eigenvalue weighted by molar-refractivity contribution is 0.170. The average molecular weight is 190 g/mol. The number of hydrogen-bond acceptors (Lipinski definition) is 3. The number of benzene rings is 1. The number of hydrogen-bond donors (Lipinski definition) is 0. The number of para-hydroxylation sites is 1. The molecule has 1 heterocycles.